The summed E-state index contributed by atoms with van der Waals surface area (Å²) in [6, 6.07) is 4.10. The maximum absolute atomic E-state index is 13.5. The second-order valence-corrected chi connectivity index (χ2v) is 3.46. The Hall–Kier alpha value is -2.17. The Balaban J connectivity index is 2.49. The van der Waals surface area contributed by atoms with Crippen LogP contribution in [0.2, 0.25) is 0 Å². The third-order valence-electron chi connectivity index (χ3n) is 2.29. The van der Waals surface area contributed by atoms with Crippen LogP contribution in [0, 0.1) is 18.6 Å². The second kappa shape index (κ2) is 4.37. The molecule has 2 rings (SSSR count). The molecule has 0 bridgehead atoms. The van der Waals surface area contributed by atoms with Gasteiger partial charge in [-0.1, -0.05) is 6.07 Å². The van der Waals surface area contributed by atoms with Gasteiger partial charge in [0.05, 0.1) is 5.56 Å². The zero-order chi connectivity index (χ0) is 12.4. The van der Waals surface area contributed by atoms with Gasteiger partial charge in [0.25, 0.3) is 0 Å². The van der Waals surface area contributed by atoms with E-state index in [-0.39, 0.29) is 17.0 Å². The molecule has 2 aromatic rings. The van der Waals surface area contributed by atoms with Gasteiger partial charge >= 0.3 is 0 Å². The van der Waals surface area contributed by atoms with E-state index in [1.807, 2.05) is 0 Å². The van der Waals surface area contributed by atoms with Crippen LogP contribution in [0.3, 0.4) is 0 Å². The van der Waals surface area contributed by atoms with Crippen molar-refractivity contribution < 1.29 is 13.6 Å². The summed E-state index contributed by atoms with van der Waals surface area (Å²) < 4.78 is 26.8. The third-order valence-corrected chi connectivity index (χ3v) is 2.29. The highest BCUT2D eigenvalue weighted by Gasteiger charge is 2.19. The van der Waals surface area contributed by atoms with Crippen LogP contribution >= 0.6 is 0 Å². The van der Waals surface area contributed by atoms with Gasteiger partial charge in [0.2, 0.25) is 11.6 Å². The molecule has 0 aliphatic heterocycles. The lowest BCUT2D eigenvalue weighted by molar-refractivity contribution is 0.102. The molecule has 1 heterocycles. The molecule has 0 fully saturated rings. The number of carbonyl (C=O) groups excluding carboxylic acids is 1. The largest absolute Gasteiger partial charge is 0.285 e. The summed E-state index contributed by atoms with van der Waals surface area (Å²) in [5.74, 6) is -3.08. The van der Waals surface area contributed by atoms with Crippen molar-refractivity contribution in [3.63, 3.8) is 0 Å². The second-order valence-electron chi connectivity index (χ2n) is 3.46. The van der Waals surface area contributed by atoms with Crippen LogP contribution in [0.4, 0.5) is 8.78 Å². The third kappa shape index (κ3) is 2.04. The lowest BCUT2D eigenvalue weighted by Crippen LogP contribution is -2.10. The highest BCUT2D eigenvalue weighted by molar-refractivity contribution is 6.06. The lowest BCUT2D eigenvalue weighted by atomic mass is 10.1. The summed E-state index contributed by atoms with van der Waals surface area (Å²) in [5.41, 5.74) is -0.215. The van der Waals surface area contributed by atoms with Gasteiger partial charge in [-0.25, -0.2) is 18.7 Å². The minimum absolute atomic E-state index is 0.146. The van der Waals surface area contributed by atoms with Crippen molar-refractivity contribution in [3.05, 3.63) is 59.2 Å². The van der Waals surface area contributed by atoms with E-state index in [0.29, 0.717) is 0 Å². The molecule has 1 aromatic carbocycles. The number of halogens is 2. The molecule has 0 saturated carbocycles. The van der Waals surface area contributed by atoms with Gasteiger partial charge in [-0.15, -0.1) is 0 Å². The molecule has 3 nitrogen and oxygen atoms in total. The maximum Gasteiger partial charge on any atom is 0.233 e. The fourth-order valence-electron chi connectivity index (χ4n) is 1.36. The number of benzene rings is 1. The average molecular weight is 234 g/mol. The number of hydrogen-bond donors (Lipinski definition) is 0. The minimum Gasteiger partial charge on any atom is -0.285 e. The van der Waals surface area contributed by atoms with Gasteiger partial charge in [-0.3, -0.25) is 4.79 Å². The predicted molar refractivity (Wildman–Crippen MR) is 56.6 cm³/mol. The van der Waals surface area contributed by atoms with E-state index in [4.69, 9.17) is 0 Å². The van der Waals surface area contributed by atoms with Crippen LogP contribution < -0.4 is 0 Å². The minimum atomic E-state index is -1.16. The lowest BCUT2D eigenvalue weighted by Gasteiger charge is -2.03. The molecule has 0 radical (unpaired) electrons. The van der Waals surface area contributed by atoms with Crippen molar-refractivity contribution in [1.29, 1.82) is 0 Å². The summed E-state index contributed by atoms with van der Waals surface area (Å²) >= 11 is 0. The number of hydrogen-bond acceptors (Lipinski definition) is 3. The Kier molecular flexibility index (Phi) is 2.91. The SMILES string of the molecule is Cc1ccc(C(=O)c2ncccn2)c(F)c1F. The summed E-state index contributed by atoms with van der Waals surface area (Å²) in [6.07, 6.45) is 2.73. The molecule has 0 aliphatic rings. The van der Waals surface area contributed by atoms with Crippen LogP contribution in [-0.4, -0.2) is 15.8 Å². The first kappa shape index (κ1) is 11.3. The summed E-state index contributed by atoms with van der Waals surface area (Å²) in [5, 5.41) is 0. The molecule has 0 unspecified atom stereocenters. The molecule has 0 N–H and O–H groups in total. The van der Waals surface area contributed by atoms with Gasteiger partial charge in [0.1, 0.15) is 0 Å². The average Bonchev–Trinajstić information content (AvgIpc) is 2.36. The van der Waals surface area contributed by atoms with Gasteiger partial charge in [0.15, 0.2) is 11.6 Å². The van der Waals surface area contributed by atoms with E-state index in [0.717, 1.165) is 0 Å². The summed E-state index contributed by atoms with van der Waals surface area (Å²) in [4.78, 5) is 19.2. The Morgan fingerprint density at radius 1 is 1.12 bits per heavy atom. The van der Waals surface area contributed by atoms with E-state index < -0.39 is 17.4 Å². The van der Waals surface area contributed by atoms with Crippen molar-refractivity contribution in [2.75, 3.05) is 0 Å². The fourth-order valence-corrected chi connectivity index (χ4v) is 1.36. The molecule has 0 saturated heterocycles. The first-order valence-electron chi connectivity index (χ1n) is 4.87. The van der Waals surface area contributed by atoms with Crippen LogP contribution in [0.1, 0.15) is 21.7 Å². The number of aromatic nitrogens is 2. The highest BCUT2D eigenvalue weighted by Crippen LogP contribution is 2.17. The predicted octanol–water partition coefficient (Wildman–Crippen LogP) is 2.29. The number of carbonyl (C=O) groups is 1. The Morgan fingerprint density at radius 2 is 1.76 bits per heavy atom. The van der Waals surface area contributed by atoms with E-state index in [1.165, 1.54) is 37.5 Å². The van der Waals surface area contributed by atoms with Gasteiger partial charge < -0.3 is 0 Å². The Morgan fingerprint density at radius 3 is 2.41 bits per heavy atom. The molecular formula is C12H8F2N2O. The van der Waals surface area contributed by atoms with Crippen LogP contribution in [0.5, 0.6) is 0 Å². The van der Waals surface area contributed by atoms with Gasteiger partial charge in [-0.05, 0) is 24.6 Å². The zero-order valence-electron chi connectivity index (χ0n) is 8.95. The molecule has 86 valence electrons. The van der Waals surface area contributed by atoms with E-state index in [2.05, 4.69) is 9.97 Å². The monoisotopic (exact) mass is 234 g/mol. The molecule has 1 aromatic heterocycles. The van der Waals surface area contributed by atoms with Gasteiger partial charge in [0, 0.05) is 12.4 Å². The Bertz CT molecular complexity index is 570. The van der Waals surface area contributed by atoms with Crippen LogP contribution in [0.15, 0.2) is 30.6 Å². The Labute approximate surface area is 96.2 Å². The number of aryl methyl sites for hydroxylation is 1. The smallest absolute Gasteiger partial charge is 0.233 e. The van der Waals surface area contributed by atoms with E-state index in [9.17, 15) is 13.6 Å². The van der Waals surface area contributed by atoms with Crippen LogP contribution in [0.25, 0.3) is 0 Å². The maximum atomic E-state index is 13.5. The molecule has 0 spiro atoms. The quantitative estimate of drug-likeness (QED) is 0.749. The van der Waals surface area contributed by atoms with Crippen LogP contribution in [-0.2, 0) is 0 Å². The summed E-state index contributed by atoms with van der Waals surface area (Å²) in [6.45, 7) is 1.42. The van der Waals surface area contributed by atoms with Crippen molar-refractivity contribution >= 4 is 5.78 Å². The molecule has 0 aliphatic carbocycles. The van der Waals surface area contributed by atoms with Crippen molar-refractivity contribution in [2.24, 2.45) is 0 Å². The van der Waals surface area contributed by atoms with Crippen molar-refractivity contribution in [1.82, 2.24) is 9.97 Å². The molecule has 5 heteroatoms. The molecular weight excluding hydrogens is 226 g/mol. The fraction of sp³-hybridized carbons (Fsp3) is 0.0833. The topological polar surface area (TPSA) is 42.9 Å². The van der Waals surface area contributed by atoms with Gasteiger partial charge in [-0.2, -0.15) is 0 Å². The first-order valence-corrected chi connectivity index (χ1v) is 4.87. The molecule has 17 heavy (non-hydrogen) atoms. The van der Waals surface area contributed by atoms with E-state index in [1.54, 1.807) is 0 Å². The molecule has 0 atom stereocenters. The zero-order valence-corrected chi connectivity index (χ0v) is 8.95. The van der Waals surface area contributed by atoms with Crippen molar-refractivity contribution in [2.45, 2.75) is 6.92 Å². The summed E-state index contributed by atoms with van der Waals surface area (Å²) in [7, 11) is 0. The standard InChI is InChI=1S/C12H8F2N2O/c1-7-3-4-8(10(14)9(7)13)11(17)12-15-5-2-6-16-12/h2-6H,1H3. The number of ketones is 1. The highest BCUT2D eigenvalue weighted by atomic mass is 19.2. The normalized spacial score (nSPS) is 10.3. The number of nitrogens with zero attached hydrogens (tertiary/aromatic N) is 2. The first-order chi connectivity index (χ1) is 8.11. The molecule has 0 amide bonds. The van der Waals surface area contributed by atoms with Crippen molar-refractivity contribution in [3.8, 4) is 0 Å². The number of rotatable bonds is 2. The van der Waals surface area contributed by atoms with E-state index >= 15 is 0 Å².